The van der Waals surface area contributed by atoms with Crippen LogP contribution in [-0.4, -0.2) is 25.2 Å². The summed E-state index contributed by atoms with van der Waals surface area (Å²) in [5.41, 5.74) is -0.0927. The van der Waals surface area contributed by atoms with Crippen LogP contribution < -0.4 is 5.32 Å². The molecule has 3 nitrogen and oxygen atoms in total. The van der Waals surface area contributed by atoms with Crippen molar-refractivity contribution in [2.45, 2.75) is 65.0 Å². The van der Waals surface area contributed by atoms with Crippen molar-refractivity contribution in [3.63, 3.8) is 0 Å². The minimum atomic E-state index is -0.194. The molecule has 0 saturated heterocycles. The van der Waals surface area contributed by atoms with Gasteiger partial charge in [-0.1, -0.05) is 40.0 Å². The number of ether oxygens (including phenoxy) is 1. The van der Waals surface area contributed by atoms with Crippen LogP contribution in [0.3, 0.4) is 0 Å². The minimum absolute atomic E-state index is 0.0927. The van der Waals surface area contributed by atoms with E-state index in [1.807, 2.05) is 0 Å². The molecule has 0 spiro atoms. The maximum absolute atomic E-state index is 11.7. The summed E-state index contributed by atoms with van der Waals surface area (Å²) >= 11 is 0. The maximum Gasteiger partial charge on any atom is 0.323 e. The highest BCUT2D eigenvalue weighted by molar-refractivity contribution is 5.76. The Bertz CT molecular complexity index is 227. The van der Waals surface area contributed by atoms with Crippen molar-refractivity contribution in [3.8, 4) is 0 Å². The summed E-state index contributed by atoms with van der Waals surface area (Å²) in [6, 6.07) is 0.290. The average molecular weight is 227 g/mol. The van der Waals surface area contributed by atoms with Crippen LogP contribution in [0.4, 0.5) is 0 Å². The molecule has 1 fully saturated rings. The van der Waals surface area contributed by atoms with Crippen LogP contribution >= 0.6 is 0 Å². The summed E-state index contributed by atoms with van der Waals surface area (Å²) in [6.45, 7) is 6.22. The average Bonchev–Trinajstić information content (AvgIpc) is 2.25. The standard InChI is InChI=1S/C13H25NO2/c1-13(2,3)11(12(15)16-4)14-10-8-6-5-7-9-10/h10-11,14H,5-9H2,1-4H3. The SMILES string of the molecule is COC(=O)C(NC1CCCCC1)C(C)(C)C. The highest BCUT2D eigenvalue weighted by Crippen LogP contribution is 2.24. The van der Waals surface area contributed by atoms with Crippen molar-refractivity contribution in [1.29, 1.82) is 0 Å². The first-order valence-electron chi connectivity index (χ1n) is 6.29. The lowest BCUT2D eigenvalue weighted by atomic mass is 9.85. The Labute approximate surface area is 98.9 Å². The van der Waals surface area contributed by atoms with Gasteiger partial charge < -0.3 is 10.1 Å². The topological polar surface area (TPSA) is 38.3 Å². The van der Waals surface area contributed by atoms with Crippen LogP contribution in [0.1, 0.15) is 52.9 Å². The molecular weight excluding hydrogens is 202 g/mol. The van der Waals surface area contributed by atoms with E-state index in [0.717, 1.165) is 0 Å². The van der Waals surface area contributed by atoms with Crippen LogP contribution in [0.2, 0.25) is 0 Å². The van der Waals surface area contributed by atoms with E-state index >= 15 is 0 Å². The van der Waals surface area contributed by atoms with Gasteiger partial charge in [0, 0.05) is 6.04 Å². The molecule has 3 heteroatoms. The van der Waals surface area contributed by atoms with Crippen LogP contribution in [0.5, 0.6) is 0 Å². The quantitative estimate of drug-likeness (QED) is 0.753. The highest BCUT2D eigenvalue weighted by atomic mass is 16.5. The van der Waals surface area contributed by atoms with Gasteiger partial charge in [-0.15, -0.1) is 0 Å². The van der Waals surface area contributed by atoms with Gasteiger partial charge in [0.25, 0.3) is 0 Å². The van der Waals surface area contributed by atoms with Crippen molar-refractivity contribution < 1.29 is 9.53 Å². The molecule has 1 rings (SSSR count). The monoisotopic (exact) mass is 227 g/mol. The summed E-state index contributed by atoms with van der Waals surface area (Å²) in [5.74, 6) is -0.141. The summed E-state index contributed by atoms with van der Waals surface area (Å²) in [4.78, 5) is 11.7. The molecule has 1 saturated carbocycles. The fraction of sp³-hybridized carbons (Fsp3) is 0.923. The highest BCUT2D eigenvalue weighted by Gasteiger charge is 2.33. The van der Waals surface area contributed by atoms with Gasteiger partial charge in [0.15, 0.2) is 0 Å². The van der Waals surface area contributed by atoms with Gasteiger partial charge in [-0.25, -0.2) is 0 Å². The molecule has 0 radical (unpaired) electrons. The Morgan fingerprint density at radius 2 is 1.81 bits per heavy atom. The molecule has 0 aromatic heterocycles. The zero-order valence-corrected chi connectivity index (χ0v) is 11.0. The number of carbonyl (C=O) groups excluding carboxylic acids is 1. The fourth-order valence-electron chi connectivity index (χ4n) is 2.29. The number of rotatable bonds is 3. The maximum atomic E-state index is 11.7. The summed E-state index contributed by atoms with van der Waals surface area (Å²) in [5, 5.41) is 3.47. The molecule has 1 atom stereocenters. The van der Waals surface area contributed by atoms with Crippen LogP contribution in [0, 0.1) is 5.41 Å². The first-order chi connectivity index (χ1) is 7.45. The lowest BCUT2D eigenvalue weighted by molar-refractivity contribution is -0.146. The third kappa shape index (κ3) is 3.78. The van der Waals surface area contributed by atoms with Crippen LogP contribution in [0.15, 0.2) is 0 Å². The molecule has 1 aliphatic rings. The zero-order valence-electron chi connectivity index (χ0n) is 11.0. The number of esters is 1. The van der Waals surface area contributed by atoms with E-state index in [-0.39, 0.29) is 17.4 Å². The Morgan fingerprint density at radius 3 is 2.25 bits per heavy atom. The molecule has 0 bridgehead atoms. The van der Waals surface area contributed by atoms with E-state index in [9.17, 15) is 4.79 Å². The first kappa shape index (κ1) is 13.5. The molecule has 0 aromatic carbocycles. The molecule has 16 heavy (non-hydrogen) atoms. The van der Waals surface area contributed by atoms with Gasteiger partial charge in [-0.3, -0.25) is 4.79 Å². The van der Waals surface area contributed by atoms with E-state index in [0.29, 0.717) is 6.04 Å². The van der Waals surface area contributed by atoms with Gasteiger partial charge in [0.05, 0.1) is 7.11 Å². The smallest absolute Gasteiger partial charge is 0.323 e. The number of methoxy groups -OCH3 is 1. The van der Waals surface area contributed by atoms with Gasteiger partial charge in [-0.2, -0.15) is 0 Å². The van der Waals surface area contributed by atoms with Gasteiger partial charge in [-0.05, 0) is 18.3 Å². The van der Waals surface area contributed by atoms with Crippen molar-refractivity contribution in [1.82, 2.24) is 5.32 Å². The van der Waals surface area contributed by atoms with Crippen molar-refractivity contribution in [2.75, 3.05) is 7.11 Å². The number of hydrogen-bond donors (Lipinski definition) is 1. The lowest BCUT2D eigenvalue weighted by Crippen LogP contribution is -2.51. The second-order valence-electron chi connectivity index (χ2n) is 5.82. The third-order valence-corrected chi connectivity index (χ3v) is 3.31. The fourth-order valence-corrected chi connectivity index (χ4v) is 2.29. The van der Waals surface area contributed by atoms with Gasteiger partial charge >= 0.3 is 5.97 Å². The zero-order chi connectivity index (χ0) is 12.2. The van der Waals surface area contributed by atoms with Crippen molar-refractivity contribution in [2.24, 2.45) is 5.41 Å². The number of carbonyl (C=O) groups is 1. The molecular formula is C13H25NO2. The second kappa shape index (κ2) is 5.67. The van der Waals surface area contributed by atoms with Crippen LogP contribution in [0.25, 0.3) is 0 Å². The molecule has 0 aromatic rings. The Kier molecular flexibility index (Phi) is 4.78. The van der Waals surface area contributed by atoms with Gasteiger partial charge in [0.2, 0.25) is 0 Å². The summed E-state index contributed by atoms with van der Waals surface area (Å²) < 4.78 is 4.88. The van der Waals surface area contributed by atoms with E-state index in [2.05, 4.69) is 26.1 Å². The van der Waals surface area contributed by atoms with E-state index in [1.54, 1.807) is 0 Å². The molecule has 1 unspecified atom stereocenters. The number of hydrogen-bond acceptors (Lipinski definition) is 3. The largest absolute Gasteiger partial charge is 0.468 e. The molecule has 94 valence electrons. The van der Waals surface area contributed by atoms with Crippen LogP contribution in [-0.2, 0) is 9.53 Å². The lowest BCUT2D eigenvalue weighted by Gasteiger charge is -2.34. The summed E-state index contributed by atoms with van der Waals surface area (Å²) in [7, 11) is 1.46. The number of nitrogens with one attached hydrogen (secondary N) is 1. The second-order valence-corrected chi connectivity index (χ2v) is 5.82. The predicted molar refractivity (Wildman–Crippen MR) is 65.3 cm³/mol. The van der Waals surface area contributed by atoms with E-state index in [4.69, 9.17) is 4.74 Å². The van der Waals surface area contributed by atoms with Crippen molar-refractivity contribution in [3.05, 3.63) is 0 Å². The predicted octanol–water partition coefficient (Wildman–Crippen LogP) is 2.50. The molecule has 0 amide bonds. The van der Waals surface area contributed by atoms with E-state index in [1.165, 1.54) is 39.2 Å². The minimum Gasteiger partial charge on any atom is -0.468 e. The van der Waals surface area contributed by atoms with Gasteiger partial charge in [0.1, 0.15) is 6.04 Å². The van der Waals surface area contributed by atoms with E-state index < -0.39 is 0 Å². The Balaban J connectivity index is 2.59. The Morgan fingerprint density at radius 1 is 1.25 bits per heavy atom. The molecule has 1 N–H and O–H groups in total. The Hall–Kier alpha value is -0.570. The third-order valence-electron chi connectivity index (χ3n) is 3.31. The molecule has 1 aliphatic carbocycles. The molecule has 0 aliphatic heterocycles. The first-order valence-corrected chi connectivity index (χ1v) is 6.29. The molecule has 0 heterocycles. The summed E-state index contributed by atoms with van der Waals surface area (Å²) in [6.07, 6.45) is 6.25. The normalized spacial score (nSPS) is 20.5. The van der Waals surface area contributed by atoms with Crippen molar-refractivity contribution >= 4 is 5.97 Å².